The number of hydrogen-bond donors (Lipinski definition) is 3. The lowest BCUT2D eigenvalue weighted by molar-refractivity contribution is 0.0451. The van der Waals surface area contributed by atoms with Crippen LogP contribution in [0.4, 0.5) is 11.8 Å². The van der Waals surface area contributed by atoms with Gasteiger partial charge in [-0.3, -0.25) is 4.98 Å². The van der Waals surface area contributed by atoms with Gasteiger partial charge in [-0.15, -0.1) is 0 Å². The summed E-state index contributed by atoms with van der Waals surface area (Å²) in [5, 5.41) is 17.5. The van der Waals surface area contributed by atoms with Gasteiger partial charge in [0.2, 0.25) is 5.95 Å². The Morgan fingerprint density at radius 1 is 1.20 bits per heavy atom. The van der Waals surface area contributed by atoms with Crippen LogP contribution in [-0.2, 0) is 6.54 Å². The molecule has 30 heavy (non-hydrogen) atoms. The number of rotatable bonds is 8. The van der Waals surface area contributed by atoms with E-state index in [1.165, 1.54) is 0 Å². The quantitative estimate of drug-likeness (QED) is 0.515. The standard InChI is InChI=1S/C22H33N7O/c1-7-16(18(30)22(4,5)6)26-21-27-19(24-12-15-9-8-10-23-11-15)17-20(28-21)29(13-25-17)14(2)3/h8-11,13-14,16,18,30H,7,12H2,1-6H3,(H2,24,26,27,28)/t16-,18-/m0/s1. The third kappa shape index (κ3) is 4.87. The van der Waals surface area contributed by atoms with Gasteiger partial charge in [-0.1, -0.05) is 33.8 Å². The monoisotopic (exact) mass is 411 g/mol. The number of imidazole rings is 1. The Balaban J connectivity index is 1.96. The predicted molar refractivity (Wildman–Crippen MR) is 120 cm³/mol. The molecule has 3 aromatic rings. The minimum Gasteiger partial charge on any atom is -0.390 e. The van der Waals surface area contributed by atoms with E-state index in [4.69, 9.17) is 9.97 Å². The van der Waals surface area contributed by atoms with Gasteiger partial charge in [0.15, 0.2) is 17.0 Å². The summed E-state index contributed by atoms with van der Waals surface area (Å²) in [6.45, 7) is 12.9. The molecule has 0 fully saturated rings. The van der Waals surface area contributed by atoms with E-state index in [0.717, 1.165) is 23.1 Å². The minimum atomic E-state index is -0.538. The fourth-order valence-electron chi connectivity index (χ4n) is 3.34. The Bertz CT molecular complexity index is 963. The maximum Gasteiger partial charge on any atom is 0.227 e. The average Bonchev–Trinajstić information content (AvgIpc) is 3.14. The van der Waals surface area contributed by atoms with Gasteiger partial charge in [0, 0.05) is 25.0 Å². The number of aliphatic hydroxyl groups excluding tert-OH is 1. The van der Waals surface area contributed by atoms with Crippen LogP contribution in [-0.4, -0.2) is 41.8 Å². The molecule has 0 spiro atoms. The Hall–Kier alpha value is -2.74. The highest BCUT2D eigenvalue weighted by Gasteiger charge is 2.30. The number of fused-ring (bicyclic) bond motifs is 1. The predicted octanol–water partition coefficient (Wildman–Crippen LogP) is 4.01. The van der Waals surface area contributed by atoms with Gasteiger partial charge in [-0.25, -0.2) is 4.98 Å². The minimum absolute atomic E-state index is 0.163. The largest absolute Gasteiger partial charge is 0.390 e. The fourth-order valence-corrected chi connectivity index (χ4v) is 3.34. The molecule has 3 N–H and O–H groups in total. The second kappa shape index (κ2) is 8.95. The summed E-state index contributed by atoms with van der Waals surface area (Å²) in [4.78, 5) is 18.2. The summed E-state index contributed by atoms with van der Waals surface area (Å²) in [7, 11) is 0. The number of anilines is 2. The molecule has 3 heterocycles. The molecule has 0 aliphatic heterocycles. The summed E-state index contributed by atoms with van der Waals surface area (Å²) >= 11 is 0. The lowest BCUT2D eigenvalue weighted by atomic mass is 9.84. The first-order chi connectivity index (χ1) is 14.2. The Labute approximate surface area is 178 Å². The van der Waals surface area contributed by atoms with Crippen LogP contribution >= 0.6 is 0 Å². The Morgan fingerprint density at radius 3 is 2.57 bits per heavy atom. The molecule has 2 atom stereocenters. The van der Waals surface area contributed by atoms with Gasteiger partial charge in [-0.05, 0) is 37.3 Å². The molecule has 3 aromatic heterocycles. The van der Waals surface area contributed by atoms with Crippen molar-refractivity contribution in [3.8, 4) is 0 Å². The normalized spacial score (nSPS) is 14.1. The SMILES string of the molecule is CC[C@H](Nc1nc(NCc2cccnc2)c2ncn(C(C)C)c2n1)[C@H](O)C(C)(C)C. The summed E-state index contributed by atoms with van der Waals surface area (Å²) in [5.74, 6) is 1.14. The first kappa shape index (κ1) is 22.0. The molecule has 8 heteroatoms. The van der Waals surface area contributed by atoms with Gasteiger partial charge >= 0.3 is 0 Å². The smallest absolute Gasteiger partial charge is 0.227 e. The topological polar surface area (TPSA) is 101 Å². The molecule has 0 unspecified atom stereocenters. The molecule has 0 bridgehead atoms. The van der Waals surface area contributed by atoms with E-state index in [-0.39, 0.29) is 17.5 Å². The van der Waals surface area contributed by atoms with Gasteiger partial charge < -0.3 is 20.3 Å². The zero-order valence-corrected chi connectivity index (χ0v) is 18.7. The van der Waals surface area contributed by atoms with E-state index in [0.29, 0.717) is 18.3 Å². The van der Waals surface area contributed by atoms with Crippen LogP contribution in [0.3, 0.4) is 0 Å². The third-order valence-electron chi connectivity index (χ3n) is 5.18. The van der Waals surface area contributed by atoms with Gasteiger partial charge in [0.25, 0.3) is 0 Å². The van der Waals surface area contributed by atoms with Gasteiger partial charge in [0.05, 0.1) is 18.5 Å². The van der Waals surface area contributed by atoms with Crippen molar-refractivity contribution in [3.05, 3.63) is 36.4 Å². The highest BCUT2D eigenvalue weighted by Crippen LogP contribution is 2.27. The first-order valence-electron chi connectivity index (χ1n) is 10.5. The second-order valence-electron chi connectivity index (χ2n) is 9.00. The van der Waals surface area contributed by atoms with Crippen LogP contribution in [0.1, 0.15) is 59.6 Å². The van der Waals surface area contributed by atoms with Crippen LogP contribution in [0.25, 0.3) is 11.2 Å². The maximum absolute atomic E-state index is 10.8. The van der Waals surface area contributed by atoms with Crippen molar-refractivity contribution in [2.75, 3.05) is 10.6 Å². The summed E-state index contributed by atoms with van der Waals surface area (Å²) < 4.78 is 2.03. The van der Waals surface area contributed by atoms with E-state index >= 15 is 0 Å². The summed E-state index contributed by atoms with van der Waals surface area (Å²) in [6.07, 6.45) is 5.59. The maximum atomic E-state index is 10.8. The van der Waals surface area contributed by atoms with Crippen LogP contribution in [0.15, 0.2) is 30.9 Å². The first-order valence-corrected chi connectivity index (χ1v) is 10.5. The molecule has 0 aliphatic carbocycles. The number of aromatic nitrogens is 5. The second-order valence-corrected chi connectivity index (χ2v) is 9.00. The molecule has 0 amide bonds. The van der Waals surface area contributed by atoms with Crippen molar-refractivity contribution in [1.82, 2.24) is 24.5 Å². The molecule has 0 saturated carbocycles. The molecule has 0 saturated heterocycles. The van der Waals surface area contributed by atoms with Crippen LogP contribution in [0.2, 0.25) is 0 Å². The highest BCUT2D eigenvalue weighted by atomic mass is 16.3. The highest BCUT2D eigenvalue weighted by molar-refractivity contribution is 5.84. The van der Waals surface area contributed by atoms with E-state index in [1.54, 1.807) is 12.5 Å². The number of aliphatic hydroxyl groups is 1. The van der Waals surface area contributed by atoms with Crippen molar-refractivity contribution in [1.29, 1.82) is 0 Å². The van der Waals surface area contributed by atoms with E-state index < -0.39 is 6.10 Å². The van der Waals surface area contributed by atoms with Gasteiger partial charge in [0.1, 0.15) is 0 Å². The number of hydrogen-bond acceptors (Lipinski definition) is 7. The third-order valence-corrected chi connectivity index (χ3v) is 5.18. The Morgan fingerprint density at radius 2 is 1.97 bits per heavy atom. The van der Waals surface area contributed by atoms with Crippen molar-refractivity contribution in [2.24, 2.45) is 5.41 Å². The molecular weight excluding hydrogens is 378 g/mol. The summed E-state index contributed by atoms with van der Waals surface area (Å²) in [6, 6.07) is 3.97. The molecule has 0 aromatic carbocycles. The van der Waals surface area contributed by atoms with Crippen LogP contribution in [0.5, 0.6) is 0 Å². The zero-order chi connectivity index (χ0) is 21.9. The fraction of sp³-hybridized carbons (Fsp3) is 0.545. The number of nitrogens with one attached hydrogen (secondary N) is 2. The Kier molecular flexibility index (Phi) is 6.55. The molecule has 0 aliphatic rings. The van der Waals surface area contributed by atoms with Crippen molar-refractivity contribution < 1.29 is 5.11 Å². The molecule has 0 radical (unpaired) electrons. The molecule has 8 nitrogen and oxygen atoms in total. The van der Waals surface area contributed by atoms with Gasteiger partial charge in [-0.2, -0.15) is 9.97 Å². The lowest BCUT2D eigenvalue weighted by Gasteiger charge is -2.33. The van der Waals surface area contributed by atoms with E-state index in [1.807, 2.05) is 50.6 Å². The lowest BCUT2D eigenvalue weighted by Crippen LogP contribution is -2.42. The van der Waals surface area contributed by atoms with Crippen molar-refractivity contribution in [3.63, 3.8) is 0 Å². The van der Waals surface area contributed by atoms with E-state index in [9.17, 15) is 5.11 Å². The number of pyridine rings is 1. The van der Waals surface area contributed by atoms with Crippen molar-refractivity contribution >= 4 is 22.9 Å². The average molecular weight is 412 g/mol. The zero-order valence-electron chi connectivity index (χ0n) is 18.7. The van der Waals surface area contributed by atoms with Crippen LogP contribution < -0.4 is 10.6 Å². The van der Waals surface area contributed by atoms with E-state index in [2.05, 4.69) is 34.4 Å². The molecule has 162 valence electrons. The molecular formula is C22H33N7O. The van der Waals surface area contributed by atoms with Crippen molar-refractivity contribution in [2.45, 2.75) is 72.7 Å². The molecule has 3 rings (SSSR count). The van der Waals surface area contributed by atoms with Crippen LogP contribution in [0, 0.1) is 5.41 Å². The summed E-state index contributed by atoms with van der Waals surface area (Å²) in [5.41, 5.74) is 2.29. The number of nitrogens with zero attached hydrogens (tertiary/aromatic N) is 5.